The highest BCUT2D eigenvalue weighted by atomic mass is 19.3. The highest BCUT2D eigenvalue weighted by molar-refractivity contribution is 5.93. The minimum absolute atomic E-state index is 0.422. The number of H-pyrrole nitrogens is 1. The van der Waals surface area contributed by atoms with E-state index in [4.69, 9.17) is 0 Å². The molecule has 0 saturated carbocycles. The first-order chi connectivity index (χ1) is 12.9. The van der Waals surface area contributed by atoms with Crippen molar-refractivity contribution in [2.24, 2.45) is 5.92 Å². The van der Waals surface area contributed by atoms with Crippen molar-refractivity contribution in [2.45, 2.75) is 40.2 Å². The molecule has 0 atom stereocenters. The molecule has 0 aliphatic rings. The lowest BCUT2D eigenvalue weighted by atomic mass is 10.1. The van der Waals surface area contributed by atoms with Crippen LogP contribution in [0, 0.1) is 12.8 Å². The normalized spacial score (nSPS) is 12.1. The topological polar surface area (TPSA) is 72.3 Å². The van der Waals surface area contributed by atoms with Crippen molar-refractivity contribution in [2.75, 3.05) is 0 Å². The average Bonchev–Trinajstić information content (AvgIpc) is 3.15. The van der Waals surface area contributed by atoms with Crippen LogP contribution in [0.25, 0.3) is 33.5 Å². The molecule has 4 aromatic heterocycles. The summed E-state index contributed by atoms with van der Waals surface area (Å²) in [7, 11) is 0. The van der Waals surface area contributed by atoms with Gasteiger partial charge in [0.15, 0.2) is 5.65 Å². The number of imidazole rings is 1. The monoisotopic (exact) mass is 370 g/mol. The molecule has 0 amide bonds. The Kier molecular flexibility index (Phi) is 4.33. The van der Waals surface area contributed by atoms with Crippen LogP contribution in [0.4, 0.5) is 8.78 Å². The average molecular weight is 370 g/mol. The molecular weight excluding hydrogens is 350 g/mol. The maximum atomic E-state index is 12.9. The second kappa shape index (κ2) is 6.68. The van der Waals surface area contributed by atoms with Crippen LogP contribution >= 0.6 is 0 Å². The van der Waals surface area contributed by atoms with Crippen molar-refractivity contribution in [3.8, 4) is 11.3 Å². The van der Waals surface area contributed by atoms with Gasteiger partial charge in [0.1, 0.15) is 22.8 Å². The zero-order valence-corrected chi connectivity index (χ0v) is 15.4. The quantitative estimate of drug-likeness (QED) is 0.573. The fourth-order valence-electron chi connectivity index (χ4n) is 3.24. The molecule has 6 nitrogen and oxygen atoms in total. The molecule has 0 aliphatic carbocycles. The van der Waals surface area contributed by atoms with Crippen molar-refractivity contribution < 1.29 is 8.78 Å². The summed E-state index contributed by atoms with van der Waals surface area (Å²) >= 11 is 0. The number of aromatic nitrogens is 6. The largest absolute Gasteiger partial charge is 0.345 e. The number of halogens is 2. The number of nitrogens with zero attached hydrogens (tertiary/aromatic N) is 5. The van der Waals surface area contributed by atoms with E-state index in [1.807, 2.05) is 12.3 Å². The number of hydrogen-bond acceptors (Lipinski definition) is 4. The van der Waals surface area contributed by atoms with Gasteiger partial charge in [0.25, 0.3) is 6.43 Å². The first kappa shape index (κ1) is 17.5. The number of rotatable bonds is 5. The van der Waals surface area contributed by atoms with Crippen molar-refractivity contribution in [3.05, 3.63) is 36.2 Å². The summed E-state index contributed by atoms with van der Waals surface area (Å²) in [4.78, 5) is 21.1. The van der Waals surface area contributed by atoms with E-state index in [1.54, 1.807) is 19.2 Å². The first-order valence-corrected chi connectivity index (χ1v) is 8.87. The molecule has 0 fully saturated rings. The molecule has 4 heterocycles. The molecule has 0 saturated heterocycles. The van der Waals surface area contributed by atoms with Gasteiger partial charge in [-0.1, -0.05) is 13.8 Å². The van der Waals surface area contributed by atoms with Crippen molar-refractivity contribution >= 4 is 22.2 Å². The van der Waals surface area contributed by atoms with Crippen LogP contribution in [-0.2, 0) is 13.0 Å². The summed E-state index contributed by atoms with van der Waals surface area (Å²) in [5, 5.41) is 0.853. The smallest absolute Gasteiger partial charge is 0.256 e. The second-order valence-corrected chi connectivity index (χ2v) is 7.05. The van der Waals surface area contributed by atoms with E-state index in [9.17, 15) is 8.78 Å². The second-order valence-electron chi connectivity index (χ2n) is 7.05. The summed E-state index contributed by atoms with van der Waals surface area (Å²) in [5.74, 6) is 1.79. The molecule has 0 aliphatic heterocycles. The van der Waals surface area contributed by atoms with Gasteiger partial charge in [-0.25, -0.2) is 28.7 Å². The number of pyridine rings is 1. The molecular formula is C19H20F2N6. The van der Waals surface area contributed by atoms with Gasteiger partial charge in [0, 0.05) is 29.8 Å². The van der Waals surface area contributed by atoms with E-state index >= 15 is 0 Å². The van der Waals surface area contributed by atoms with Crippen LogP contribution in [-0.4, -0.2) is 35.9 Å². The van der Waals surface area contributed by atoms with Gasteiger partial charge in [-0.15, -0.1) is 0 Å². The maximum absolute atomic E-state index is 12.9. The number of aromatic amines is 1. The number of aryl methyl sites for hydroxylation is 1. The minimum Gasteiger partial charge on any atom is -0.345 e. The lowest BCUT2D eigenvalue weighted by molar-refractivity contribution is 0.127. The van der Waals surface area contributed by atoms with E-state index in [2.05, 4.69) is 38.8 Å². The molecule has 1 N–H and O–H groups in total. The highest BCUT2D eigenvalue weighted by Gasteiger charge is 2.16. The SMILES string of the molecule is Cc1nc2ccc(-c3c[nH]c4nc(CC(C)C)ncc34)nc2n1CC(F)F. The Hall–Kier alpha value is -2.90. The Morgan fingerprint density at radius 3 is 2.70 bits per heavy atom. The van der Waals surface area contributed by atoms with Crippen LogP contribution in [0.5, 0.6) is 0 Å². The van der Waals surface area contributed by atoms with Crippen LogP contribution in [0.2, 0.25) is 0 Å². The summed E-state index contributed by atoms with van der Waals surface area (Å²) in [6.45, 7) is 5.53. The molecule has 27 heavy (non-hydrogen) atoms. The van der Waals surface area contributed by atoms with Crippen molar-refractivity contribution in [1.82, 2.24) is 29.5 Å². The van der Waals surface area contributed by atoms with Gasteiger partial charge in [-0.3, -0.25) is 0 Å². The van der Waals surface area contributed by atoms with Gasteiger partial charge in [0.2, 0.25) is 0 Å². The fourth-order valence-corrected chi connectivity index (χ4v) is 3.24. The van der Waals surface area contributed by atoms with E-state index in [0.717, 1.165) is 28.8 Å². The predicted molar refractivity (Wildman–Crippen MR) is 99.7 cm³/mol. The van der Waals surface area contributed by atoms with Crippen molar-refractivity contribution in [3.63, 3.8) is 0 Å². The van der Waals surface area contributed by atoms with E-state index in [-0.39, 0.29) is 0 Å². The van der Waals surface area contributed by atoms with Crippen molar-refractivity contribution in [1.29, 1.82) is 0 Å². The van der Waals surface area contributed by atoms with E-state index < -0.39 is 13.0 Å². The minimum atomic E-state index is -2.47. The first-order valence-electron chi connectivity index (χ1n) is 8.87. The Bertz CT molecular complexity index is 1110. The Labute approximate surface area is 154 Å². The molecule has 0 unspecified atom stereocenters. The number of nitrogens with one attached hydrogen (secondary N) is 1. The fraction of sp³-hybridized carbons (Fsp3) is 0.368. The third kappa shape index (κ3) is 3.27. The molecule has 4 aromatic rings. The zero-order chi connectivity index (χ0) is 19.1. The highest BCUT2D eigenvalue weighted by Crippen LogP contribution is 2.28. The van der Waals surface area contributed by atoms with Gasteiger partial charge < -0.3 is 9.55 Å². The van der Waals surface area contributed by atoms with Crippen LogP contribution in [0.15, 0.2) is 24.5 Å². The predicted octanol–water partition coefficient (Wildman–Crippen LogP) is 4.14. The zero-order valence-electron chi connectivity index (χ0n) is 15.4. The lowest BCUT2D eigenvalue weighted by Gasteiger charge is -2.06. The molecule has 8 heteroatoms. The molecule has 0 radical (unpaired) electrons. The molecule has 140 valence electrons. The number of fused-ring (bicyclic) bond motifs is 2. The van der Waals surface area contributed by atoms with Gasteiger partial charge in [-0.2, -0.15) is 0 Å². The van der Waals surface area contributed by atoms with Gasteiger partial charge in [-0.05, 0) is 25.0 Å². The number of hydrogen-bond donors (Lipinski definition) is 1. The molecule has 4 rings (SSSR count). The molecule has 0 bridgehead atoms. The number of alkyl halides is 2. The molecule has 0 spiro atoms. The van der Waals surface area contributed by atoms with Crippen LogP contribution < -0.4 is 0 Å². The maximum Gasteiger partial charge on any atom is 0.256 e. The third-order valence-corrected chi connectivity index (χ3v) is 4.45. The Balaban J connectivity index is 1.79. The summed E-state index contributed by atoms with van der Waals surface area (Å²) in [6, 6.07) is 3.64. The Morgan fingerprint density at radius 2 is 1.96 bits per heavy atom. The summed E-state index contributed by atoms with van der Waals surface area (Å²) in [6.07, 6.45) is 1.96. The summed E-state index contributed by atoms with van der Waals surface area (Å²) < 4.78 is 27.3. The molecule has 0 aromatic carbocycles. The van der Waals surface area contributed by atoms with E-state index in [1.165, 1.54) is 4.57 Å². The third-order valence-electron chi connectivity index (χ3n) is 4.45. The standard InChI is InChI=1S/C19H20F2N6/c1-10(2)6-17-22-8-13-12(7-23-18(13)26-17)14-4-5-15-19(25-14)27(9-16(20)21)11(3)24-15/h4-5,7-8,10,16H,6,9H2,1-3H3,(H,22,23,26). The van der Waals surface area contributed by atoms with E-state index in [0.29, 0.717) is 28.6 Å². The lowest BCUT2D eigenvalue weighted by Crippen LogP contribution is -2.08. The van der Waals surface area contributed by atoms with Gasteiger partial charge in [0.05, 0.1) is 12.2 Å². The van der Waals surface area contributed by atoms with Crippen LogP contribution in [0.3, 0.4) is 0 Å². The Morgan fingerprint density at radius 1 is 1.15 bits per heavy atom. The summed E-state index contributed by atoms with van der Waals surface area (Å²) in [5.41, 5.74) is 3.31. The van der Waals surface area contributed by atoms with Crippen LogP contribution in [0.1, 0.15) is 25.5 Å². The van der Waals surface area contributed by atoms with Gasteiger partial charge >= 0.3 is 0 Å².